The molecule has 0 spiro atoms. The highest BCUT2D eigenvalue weighted by molar-refractivity contribution is 7.90. The van der Waals surface area contributed by atoms with Gasteiger partial charge >= 0.3 is 15.5 Å². The minimum Gasteiger partial charge on any atom is -0.494 e. The average Bonchev–Trinajstić information content (AvgIpc) is 3.26. The molecule has 4 aromatic rings. The van der Waals surface area contributed by atoms with E-state index in [1.54, 1.807) is 31.4 Å². The van der Waals surface area contributed by atoms with Crippen molar-refractivity contribution in [1.29, 1.82) is 0 Å². The third-order valence-corrected chi connectivity index (χ3v) is 7.48. The lowest BCUT2D eigenvalue weighted by molar-refractivity contribution is -0.0446. The number of hydrogen-bond donors (Lipinski definition) is 1. The van der Waals surface area contributed by atoms with Gasteiger partial charge in [0.15, 0.2) is 0 Å². The lowest BCUT2D eigenvalue weighted by atomic mass is 9.98. The van der Waals surface area contributed by atoms with Crippen LogP contribution < -0.4 is 9.46 Å². The number of alkyl halides is 3. The number of hydrogen-bond acceptors (Lipinski definition) is 5. The van der Waals surface area contributed by atoms with Crippen molar-refractivity contribution in [3.05, 3.63) is 83.2 Å². The van der Waals surface area contributed by atoms with Gasteiger partial charge in [-0.15, -0.1) is 0 Å². The predicted octanol–water partition coefficient (Wildman–Crippen LogP) is 5.99. The van der Waals surface area contributed by atoms with Crippen LogP contribution >= 0.6 is 0 Å². The summed E-state index contributed by atoms with van der Waals surface area (Å²) in [4.78, 5) is 17.4. The number of sulfonamides is 1. The van der Waals surface area contributed by atoms with Gasteiger partial charge in [-0.05, 0) is 47.7 Å². The van der Waals surface area contributed by atoms with Crippen molar-refractivity contribution in [1.82, 2.24) is 14.3 Å². The number of carbonyl (C=O) groups is 1. The number of rotatable bonds is 9. The van der Waals surface area contributed by atoms with Crippen LogP contribution in [0.2, 0.25) is 0 Å². The van der Waals surface area contributed by atoms with E-state index in [9.17, 15) is 26.4 Å². The van der Waals surface area contributed by atoms with Crippen LogP contribution in [-0.4, -0.2) is 36.5 Å². The molecule has 1 heterocycles. The van der Waals surface area contributed by atoms with E-state index in [0.29, 0.717) is 17.7 Å². The van der Waals surface area contributed by atoms with Crippen molar-refractivity contribution < 1.29 is 31.1 Å². The average molecular weight is 560 g/mol. The molecule has 1 aromatic heterocycles. The van der Waals surface area contributed by atoms with Gasteiger partial charge in [-0.1, -0.05) is 61.9 Å². The molecule has 0 aliphatic heterocycles. The lowest BCUT2D eigenvalue weighted by Gasteiger charge is -2.14. The van der Waals surface area contributed by atoms with Gasteiger partial charge in [-0.25, -0.2) is 9.71 Å². The normalized spacial score (nSPS) is 12.1. The number of nitrogens with one attached hydrogen (secondary N) is 1. The molecule has 0 unspecified atom stereocenters. The van der Waals surface area contributed by atoms with Gasteiger partial charge in [0.2, 0.25) is 0 Å². The van der Waals surface area contributed by atoms with Crippen molar-refractivity contribution in [2.45, 2.75) is 45.2 Å². The van der Waals surface area contributed by atoms with Crippen LogP contribution in [0.5, 0.6) is 5.75 Å². The van der Waals surface area contributed by atoms with Crippen LogP contribution in [0.4, 0.5) is 13.2 Å². The first-order valence-electron chi connectivity index (χ1n) is 12.3. The molecule has 0 fully saturated rings. The molecule has 206 valence electrons. The second kappa shape index (κ2) is 11.1. The van der Waals surface area contributed by atoms with Crippen molar-refractivity contribution in [3.63, 3.8) is 0 Å². The van der Waals surface area contributed by atoms with E-state index in [-0.39, 0.29) is 5.56 Å². The first kappa shape index (κ1) is 28.2. The Hall–Kier alpha value is -3.86. The van der Waals surface area contributed by atoms with Crippen molar-refractivity contribution in [2.75, 3.05) is 7.11 Å². The van der Waals surface area contributed by atoms with Crippen molar-refractivity contribution >= 4 is 27.0 Å². The second-order valence-electron chi connectivity index (χ2n) is 9.12. The van der Waals surface area contributed by atoms with E-state index < -0.39 is 21.4 Å². The Balaban J connectivity index is 1.68. The van der Waals surface area contributed by atoms with Gasteiger partial charge < -0.3 is 9.30 Å². The van der Waals surface area contributed by atoms with E-state index in [2.05, 4.69) is 11.5 Å². The first-order valence-corrected chi connectivity index (χ1v) is 13.8. The minimum atomic E-state index is -5.84. The van der Waals surface area contributed by atoms with Gasteiger partial charge in [-0.2, -0.15) is 21.6 Å². The Labute approximate surface area is 224 Å². The molecule has 1 N–H and O–H groups in total. The first-order chi connectivity index (χ1) is 18.5. The van der Waals surface area contributed by atoms with Crippen LogP contribution in [-0.2, 0) is 23.0 Å². The van der Waals surface area contributed by atoms with E-state index >= 15 is 0 Å². The summed E-state index contributed by atoms with van der Waals surface area (Å²) in [6, 6.07) is 17.0. The highest BCUT2D eigenvalue weighted by Gasteiger charge is 2.47. The second-order valence-corrected chi connectivity index (χ2v) is 10.8. The van der Waals surface area contributed by atoms with Gasteiger partial charge in [0, 0.05) is 18.5 Å². The summed E-state index contributed by atoms with van der Waals surface area (Å²) in [5, 5.41) is 0. The summed E-state index contributed by atoms with van der Waals surface area (Å²) in [7, 11) is -4.22. The standard InChI is InChI=1S/C28H28F3N3O4S/c1-4-5-10-24-32-25-18(2)11-16-23(38-3)26(25)34(24)17-19-12-14-20(15-13-19)21-8-6-7-9-22(21)27(35)33-39(36,37)28(29,30)31/h6-9,11-16H,4-5,10,17H2,1-3H3,(H,33,35). The third kappa shape index (κ3) is 5.78. The number of nitrogens with zero attached hydrogens (tertiary/aromatic N) is 2. The zero-order valence-corrected chi connectivity index (χ0v) is 22.5. The summed E-state index contributed by atoms with van der Waals surface area (Å²) >= 11 is 0. The number of imidazole rings is 1. The molecule has 0 radical (unpaired) electrons. The van der Waals surface area contributed by atoms with E-state index in [1.807, 2.05) is 31.2 Å². The Bertz CT molecular complexity index is 1610. The van der Waals surface area contributed by atoms with E-state index in [0.717, 1.165) is 57.7 Å². The van der Waals surface area contributed by atoms with Crippen LogP contribution in [0, 0.1) is 6.92 Å². The Kier molecular flexibility index (Phi) is 8.01. The number of halogens is 3. The fourth-order valence-corrected chi connectivity index (χ4v) is 4.85. The number of fused-ring (bicyclic) bond motifs is 1. The maximum atomic E-state index is 12.8. The zero-order chi connectivity index (χ0) is 28.4. The molecule has 1 amide bonds. The number of unbranched alkanes of at least 4 members (excludes halogenated alkanes) is 1. The molecule has 0 saturated carbocycles. The predicted molar refractivity (Wildman–Crippen MR) is 143 cm³/mol. The van der Waals surface area contributed by atoms with Gasteiger partial charge in [-0.3, -0.25) is 4.79 Å². The SMILES string of the molecule is CCCCc1nc2c(C)ccc(OC)c2n1Cc1ccc(-c2ccccc2C(=O)NS(=O)(=O)C(F)(F)F)cc1. The smallest absolute Gasteiger partial charge is 0.494 e. The van der Waals surface area contributed by atoms with E-state index in [1.165, 1.54) is 12.1 Å². The molecule has 0 aliphatic carbocycles. The minimum absolute atomic E-state index is 0.194. The number of ether oxygens (including phenoxy) is 1. The summed E-state index contributed by atoms with van der Waals surface area (Å²) in [5.74, 6) is 0.299. The van der Waals surface area contributed by atoms with Crippen LogP contribution in [0.3, 0.4) is 0 Å². The molecular weight excluding hydrogens is 531 g/mol. The van der Waals surface area contributed by atoms with Gasteiger partial charge in [0.1, 0.15) is 17.1 Å². The highest BCUT2D eigenvalue weighted by Crippen LogP contribution is 2.31. The molecule has 3 aromatic carbocycles. The molecule has 4 rings (SSSR count). The van der Waals surface area contributed by atoms with Crippen molar-refractivity contribution in [3.8, 4) is 16.9 Å². The molecule has 0 saturated heterocycles. The van der Waals surface area contributed by atoms with Crippen LogP contribution in [0.1, 0.15) is 47.1 Å². The largest absolute Gasteiger partial charge is 0.516 e. The summed E-state index contributed by atoms with van der Waals surface area (Å²) in [6.45, 7) is 4.63. The monoisotopic (exact) mass is 559 g/mol. The maximum Gasteiger partial charge on any atom is 0.516 e. The highest BCUT2D eigenvalue weighted by atomic mass is 32.2. The molecule has 7 nitrogen and oxygen atoms in total. The molecule has 39 heavy (non-hydrogen) atoms. The van der Waals surface area contributed by atoms with Gasteiger partial charge in [0.25, 0.3) is 5.91 Å². The maximum absolute atomic E-state index is 12.8. The third-order valence-electron chi connectivity index (χ3n) is 6.42. The number of aryl methyl sites for hydroxylation is 2. The molecule has 0 atom stereocenters. The van der Waals surface area contributed by atoms with Crippen LogP contribution in [0.25, 0.3) is 22.2 Å². The summed E-state index contributed by atoms with van der Waals surface area (Å²) < 4.78 is 70.1. The van der Waals surface area contributed by atoms with Crippen molar-refractivity contribution in [2.24, 2.45) is 0 Å². The van der Waals surface area contributed by atoms with Gasteiger partial charge in [0.05, 0.1) is 12.6 Å². The fourth-order valence-electron chi connectivity index (χ4n) is 4.38. The Morgan fingerprint density at radius 1 is 1.05 bits per heavy atom. The number of methoxy groups -OCH3 is 1. The fraction of sp³-hybridized carbons (Fsp3) is 0.286. The molecule has 0 aliphatic rings. The molecular formula is C28H28F3N3O4S. The number of amides is 1. The Morgan fingerprint density at radius 2 is 1.74 bits per heavy atom. The topological polar surface area (TPSA) is 90.3 Å². The molecule has 0 bridgehead atoms. The summed E-state index contributed by atoms with van der Waals surface area (Å²) in [5.41, 5.74) is -1.20. The number of benzene rings is 3. The lowest BCUT2D eigenvalue weighted by Crippen LogP contribution is -2.40. The number of carbonyl (C=O) groups excluding carboxylic acids is 1. The van der Waals surface area contributed by atoms with E-state index in [4.69, 9.17) is 9.72 Å². The summed E-state index contributed by atoms with van der Waals surface area (Å²) in [6.07, 6.45) is 2.80. The molecule has 11 heteroatoms. The Morgan fingerprint density at radius 3 is 2.38 bits per heavy atom. The zero-order valence-electron chi connectivity index (χ0n) is 21.7. The quantitative estimate of drug-likeness (QED) is 0.272. The van der Waals surface area contributed by atoms with Crippen LogP contribution in [0.15, 0.2) is 60.7 Å². The number of aromatic nitrogens is 2.